The molecule has 15 heavy (non-hydrogen) atoms. The minimum atomic E-state index is 0.312. The molecule has 0 saturated carbocycles. The molecule has 0 fully saturated rings. The Kier molecular flexibility index (Phi) is 4.76. The molecule has 1 rings (SSSR count). The molecule has 1 heterocycles. The van der Waals surface area contributed by atoms with Crippen LogP contribution in [0.3, 0.4) is 0 Å². The zero-order valence-corrected chi connectivity index (χ0v) is 11.4. The Balaban J connectivity index is 2.87. The number of aromatic nitrogens is 2. The number of hydrogen-bond acceptors (Lipinski definition) is 3. The Labute approximate surface area is 99.8 Å². The quantitative estimate of drug-likeness (QED) is 0.881. The van der Waals surface area contributed by atoms with Crippen molar-refractivity contribution >= 4 is 15.9 Å². The third-order valence-corrected chi connectivity index (χ3v) is 2.88. The molecule has 0 aliphatic rings. The van der Waals surface area contributed by atoms with Gasteiger partial charge in [0.25, 0.3) is 0 Å². The van der Waals surface area contributed by atoms with E-state index >= 15 is 0 Å². The molecule has 0 saturated heterocycles. The van der Waals surface area contributed by atoms with E-state index in [0.717, 1.165) is 17.6 Å². The lowest BCUT2D eigenvalue weighted by atomic mass is 10.2. The van der Waals surface area contributed by atoms with Crippen molar-refractivity contribution in [1.82, 2.24) is 20.0 Å². The summed E-state index contributed by atoms with van der Waals surface area (Å²) >= 11 is 3.54. The molecule has 1 unspecified atom stereocenters. The highest BCUT2D eigenvalue weighted by molar-refractivity contribution is 9.10. The summed E-state index contributed by atoms with van der Waals surface area (Å²) in [6.07, 6.45) is 1.84. The second-order valence-corrected chi connectivity index (χ2v) is 4.73. The Morgan fingerprint density at radius 3 is 2.67 bits per heavy atom. The Morgan fingerprint density at radius 1 is 1.60 bits per heavy atom. The Bertz CT molecular complexity index is 289. The van der Waals surface area contributed by atoms with Crippen LogP contribution in [0.5, 0.6) is 0 Å². The molecule has 86 valence electrons. The zero-order valence-electron chi connectivity index (χ0n) is 9.79. The summed E-state index contributed by atoms with van der Waals surface area (Å²) in [4.78, 5) is 2.17. The standard InChI is InChI=1S/C10H19BrN4/c1-5-12-9(7-14(2)3)10-8(11)6-13-15(10)4/h6,9,12H,5,7H2,1-4H3. The summed E-state index contributed by atoms with van der Waals surface area (Å²) in [5.41, 5.74) is 1.20. The van der Waals surface area contributed by atoms with Crippen LogP contribution in [-0.4, -0.2) is 41.9 Å². The summed E-state index contributed by atoms with van der Waals surface area (Å²) in [5.74, 6) is 0. The first kappa shape index (κ1) is 12.7. The number of aryl methyl sites for hydroxylation is 1. The molecule has 1 aromatic rings. The van der Waals surface area contributed by atoms with Crippen molar-refractivity contribution in [3.05, 3.63) is 16.4 Å². The van der Waals surface area contributed by atoms with Crippen molar-refractivity contribution in [3.63, 3.8) is 0 Å². The number of likely N-dealkylation sites (N-methyl/N-ethyl adjacent to an activating group) is 2. The fraction of sp³-hybridized carbons (Fsp3) is 0.700. The maximum atomic E-state index is 4.24. The van der Waals surface area contributed by atoms with Gasteiger partial charge in [0.05, 0.1) is 22.4 Å². The molecule has 0 bridgehead atoms. The summed E-state index contributed by atoms with van der Waals surface area (Å²) in [6, 6.07) is 0.312. The van der Waals surface area contributed by atoms with Gasteiger partial charge in [0, 0.05) is 13.6 Å². The fourth-order valence-corrected chi connectivity index (χ4v) is 2.30. The monoisotopic (exact) mass is 274 g/mol. The second-order valence-electron chi connectivity index (χ2n) is 3.87. The third kappa shape index (κ3) is 3.29. The maximum Gasteiger partial charge on any atom is 0.0705 e. The van der Waals surface area contributed by atoms with Gasteiger partial charge in [0.15, 0.2) is 0 Å². The molecule has 0 radical (unpaired) electrons. The van der Waals surface area contributed by atoms with E-state index in [-0.39, 0.29) is 0 Å². The molecule has 0 spiro atoms. The molecule has 0 aliphatic carbocycles. The lowest BCUT2D eigenvalue weighted by molar-refractivity contribution is 0.335. The van der Waals surface area contributed by atoms with E-state index in [4.69, 9.17) is 0 Å². The van der Waals surface area contributed by atoms with Crippen molar-refractivity contribution in [3.8, 4) is 0 Å². The normalized spacial score (nSPS) is 13.5. The van der Waals surface area contributed by atoms with Crippen molar-refractivity contribution in [2.45, 2.75) is 13.0 Å². The third-order valence-electron chi connectivity index (χ3n) is 2.27. The van der Waals surface area contributed by atoms with Gasteiger partial charge >= 0.3 is 0 Å². The molecule has 1 atom stereocenters. The van der Waals surface area contributed by atoms with Gasteiger partial charge in [0.2, 0.25) is 0 Å². The van der Waals surface area contributed by atoms with Crippen LogP contribution in [0.4, 0.5) is 0 Å². The van der Waals surface area contributed by atoms with E-state index in [1.54, 1.807) is 0 Å². The van der Waals surface area contributed by atoms with E-state index in [2.05, 4.69) is 52.3 Å². The Morgan fingerprint density at radius 2 is 2.27 bits per heavy atom. The van der Waals surface area contributed by atoms with Crippen LogP contribution in [0.1, 0.15) is 18.7 Å². The summed E-state index contributed by atoms with van der Waals surface area (Å²) in [6.45, 7) is 4.04. The smallest absolute Gasteiger partial charge is 0.0705 e. The number of halogens is 1. The van der Waals surface area contributed by atoms with E-state index in [1.165, 1.54) is 5.69 Å². The molecule has 0 aliphatic heterocycles. The molecule has 1 aromatic heterocycles. The predicted molar refractivity (Wildman–Crippen MR) is 65.9 cm³/mol. The number of nitrogens with zero attached hydrogens (tertiary/aromatic N) is 3. The van der Waals surface area contributed by atoms with E-state index in [0.29, 0.717) is 6.04 Å². The second kappa shape index (κ2) is 5.63. The summed E-state index contributed by atoms with van der Waals surface area (Å²) in [7, 11) is 6.13. The minimum Gasteiger partial charge on any atom is -0.308 e. The van der Waals surface area contributed by atoms with Crippen LogP contribution in [0.25, 0.3) is 0 Å². The fourth-order valence-electron chi connectivity index (χ4n) is 1.67. The number of rotatable bonds is 5. The van der Waals surface area contributed by atoms with Gasteiger partial charge in [-0.25, -0.2) is 0 Å². The van der Waals surface area contributed by atoms with Gasteiger partial charge in [0.1, 0.15) is 0 Å². The lowest BCUT2D eigenvalue weighted by Crippen LogP contribution is -2.32. The number of nitrogens with one attached hydrogen (secondary N) is 1. The largest absolute Gasteiger partial charge is 0.308 e. The first-order chi connectivity index (χ1) is 7.06. The van der Waals surface area contributed by atoms with Crippen LogP contribution in [0, 0.1) is 0 Å². The van der Waals surface area contributed by atoms with Crippen molar-refractivity contribution in [1.29, 1.82) is 0 Å². The molecule has 1 N–H and O–H groups in total. The van der Waals surface area contributed by atoms with Gasteiger partial charge in [-0.15, -0.1) is 0 Å². The van der Waals surface area contributed by atoms with Gasteiger partial charge in [-0.2, -0.15) is 5.10 Å². The molecule has 0 aromatic carbocycles. The first-order valence-corrected chi connectivity index (χ1v) is 5.91. The Hall–Kier alpha value is -0.390. The molecular formula is C10H19BrN4. The van der Waals surface area contributed by atoms with E-state index in [9.17, 15) is 0 Å². The molecule has 4 nitrogen and oxygen atoms in total. The van der Waals surface area contributed by atoms with Crippen LogP contribution in [0.15, 0.2) is 10.7 Å². The molecule has 5 heteroatoms. The van der Waals surface area contributed by atoms with Crippen molar-refractivity contribution in [2.75, 3.05) is 27.2 Å². The maximum absolute atomic E-state index is 4.24. The average Bonchev–Trinajstić information content (AvgIpc) is 2.45. The van der Waals surface area contributed by atoms with Crippen molar-refractivity contribution < 1.29 is 0 Å². The van der Waals surface area contributed by atoms with Crippen LogP contribution < -0.4 is 5.32 Å². The highest BCUT2D eigenvalue weighted by Crippen LogP contribution is 2.22. The van der Waals surface area contributed by atoms with Gasteiger partial charge in [-0.1, -0.05) is 6.92 Å². The molecule has 0 amide bonds. The predicted octanol–water partition coefficient (Wildman–Crippen LogP) is 1.39. The first-order valence-electron chi connectivity index (χ1n) is 5.11. The van der Waals surface area contributed by atoms with E-state index in [1.807, 2.05) is 17.9 Å². The van der Waals surface area contributed by atoms with E-state index < -0.39 is 0 Å². The molecular weight excluding hydrogens is 256 g/mol. The lowest BCUT2D eigenvalue weighted by Gasteiger charge is -2.22. The summed E-state index contributed by atoms with van der Waals surface area (Å²) < 4.78 is 2.98. The topological polar surface area (TPSA) is 33.1 Å². The van der Waals surface area contributed by atoms with Crippen LogP contribution in [-0.2, 0) is 7.05 Å². The van der Waals surface area contributed by atoms with Gasteiger partial charge < -0.3 is 10.2 Å². The minimum absolute atomic E-state index is 0.312. The van der Waals surface area contributed by atoms with Crippen LogP contribution in [0.2, 0.25) is 0 Å². The summed E-state index contributed by atoms with van der Waals surface area (Å²) in [5, 5.41) is 7.70. The van der Waals surface area contributed by atoms with Crippen LogP contribution >= 0.6 is 15.9 Å². The van der Waals surface area contributed by atoms with Gasteiger partial charge in [-0.05, 0) is 36.6 Å². The van der Waals surface area contributed by atoms with Gasteiger partial charge in [-0.3, -0.25) is 4.68 Å². The highest BCUT2D eigenvalue weighted by atomic mass is 79.9. The SMILES string of the molecule is CCNC(CN(C)C)c1c(Br)cnn1C. The average molecular weight is 275 g/mol. The van der Waals surface area contributed by atoms with Crippen molar-refractivity contribution in [2.24, 2.45) is 7.05 Å². The zero-order chi connectivity index (χ0) is 11.4. The highest BCUT2D eigenvalue weighted by Gasteiger charge is 2.18. The number of hydrogen-bond donors (Lipinski definition) is 1.